The summed E-state index contributed by atoms with van der Waals surface area (Å²) < 4.78 is 27.7. The van der Waals surface area contributed by atoms with Crippen LogP contribution in [0.5, 0.6) is 0 Å². The molecule has 1 amide bonds. The standard InChI is InChI=1S/C20H33N3O3S.ClH/c1-4-20(5-2,15-21)19(24)23-12-6-7-17(14-23)13-22-27(25,26)18-10-8-16(3)9-11-18;/h8-11,17,22H,4-7,12-15,21H2,1-3H3;1H. The Morgan fingerprint density at radius 1 is 1.25 bits per heavy atom. The lowest BCUT2D eigenvalue weighted by molar-refractivity contribution is -0.144. The number of nitrogens with zero attached hydrogens (tertiary/aromatic N) is 1. The molecule has 0 radical (unpaired) electrons. The molecule has 0 spiro atoms. The highest BCUT2D eigenvalue weighted by Crippen LogP contribution is 2.30. The summed E-state index contributed by atoms with van der Waals surface area (Å²) in [6.45, 7) is 7.93. The number of carbonyl (C=O) groups excluding carboxylic acids is 1. The minimum absolute atomic E-state index is 0. The van der Waals surface area contributed by atoms with Crippen molar-refractivity contribution in [3.05, 3.63) is 29.8 Å². The first-order valence-electron chi connectivity index (χ1n) is 9.83. The van der Waals surface area contributed by atoms with E-state index < -0.39 is 15.4 Å². The fourth-order valence-electron chi connectivity index (χ4n) is 3.71. The molecule has 0 aliphatic carbocycles. The molecule has 3 N–H and O–H groups in total. The monoisotopic (exact) mass is 431 g/mol. The number of halogens is 1. The van der Waals surface area contributed by atoms with Crippen LogP contribution in [-0.2, 0) is 14.8 Å². The second-order valence-corrected chi connectivity index (χ2v) is 9.38. The quantitative estimate of drug-likeness (QED) is 0.661. The first kappa shape index (κ1) is 24.9. The molecule has 1 aromatic rings. The summed E-state index contributed by atoms with van der Waals surface area (Å²) in [6.07, 6.45) is 3.24. The number of piperidine rings is 1. The maximum atomic E-state index is 13.0. The molecule has 1 atom stereocenters. The second kappa shape index (κ2) is 10.6. The van der Waals surface area contributed by atoms with E-state index >= 15 is 0 Å². The fraction of sp³-hybridized carbons (Fsp3) is 0.650. The molecular formula is C20H34ClN3O3S. The van der Waals surface area contributed by atoms with E-state index in [0.717, 1.165) is 37.8 Å². The van der Waals surface area contributed by atoms with Crippen LogP contribution in [0.4, 0.5) is 0 Å². The fourth-order valence-corrected chi connectivity index (χ4v) is 4.82. The van der Waals surface area contributed by atoms with E-state index in [4.69, 9.17) is 5.73 Å². The van der Waals surface area contributed by atoms with Crippen LogP contribution < -0.4 is 10.5 Å². The van der Waals surface area contributed by atoms with Crippen molar-refractivity contribution in [3.63, 3.8) is 0 Å². The van der Waals surface area contributed by atoms with E-state index in [1.54, 1.807) is 24.3 Å². The van der Waals surface area contributed by atoms with Gasteiger partial charge < -0.3 is 10.6 Å². The van der Waals surface area contributed by atoms with Crippen LogP contribution in [0.1, 0.15) is 45.1 Å². The first-order chi connectivity index (χ1) is 12.8. The lowest BCUT2D eigenvalue weighted by Gasteiger charge is -2.39. The summed E-state index contributed by atoms with van der Waals surface area (Å²) in [5.41, 5.74) is 6.44. The van der Waals surface area contributed by atoms with Gasteiger partial charge in [0.1, 0.15) is 0 Å². The zero-order chi connectivity index (χ0) is 20.1. The number of nitrogens with one attached hydrogen (secondary N) is 1. The van der Waals surface area contributed by atoms with Gasteiger partial charge in [-0.05, 0) is 50.7 Å². The highest BCUT2D eigenvalue weighted by Gasteiger charge is 2.38. The van der Waals surface area contributed by atoms with E-state index in [1.807, 2.05) is 25.7 Å². The van der Waals surface area contributed by atoms with Crippen LogP contribution in [0, 0.1) is 18.3 Å². The largest absolute Gasteiger partial charge is 0.342 e. The Labute approximate surface area is 175 Å². The van der Waals surface area contributed by atoms with Crippen LogP contribution >= 0.6 is 12.4 Å². The van der Waals surface area contributed by atoms with Gasteiger partial charge in [-0.25, -0.2) is 13.1 Å². The van der Waals surface area contributed by atoms with Crippen LogP contribution in [0.15, 0.2) is 29.2 Å². The predicted molar refractivity (Wildman–Crippen MR) is 115 cm³/mol. The number of hydrogen-bond acceptors (Lipinski definition) is 4. The number of benzene rings is 1. The molecule has 8 heteroatoms. The lowest BCUT2D eigenvalue weighted by Crippen LogP contribution is -2.51. The number of rotatable bonds is 8. The normalized spacial score (nSPS) is 17.9. The first-order valence-corrected chi connectivity index (χ1v) is 11.3. The molecule has 0 saturated carbocycles. The van der Waals surface area contributed by atoms with Gasteiger partial charge in [0.05, 0.1) is 10.3 Å². The Bertz CT molecular complexity index is 725. The smallest absolute Gasteiger partial charge is 0.240 e. The lowest BCUT2D eigenvalue weighted by atomic mass is 9.80. The topological polar surface area (TPSA) is 92.5 Å². The van der Waals surface area contributed by atoms with Crippen LogP contribution in [0.3, 0.4) is 0 Å². The van der Waals surface area contributed by atoms with Crippen molar-refractivity contribution in [2.75, 3.05) is 26.2 Å². The number of carbonyl (C=O) groups is 1. The minimum atomic E-state index is -3.53. The van der Waals surface area contributed by atoms with Crippen molar-refractivity contribution >= 4 is 28.3 Å². The summed E-state index contributed by atoms with van der Waals surface area (Å²) in [6, 6.07) is 6.81. The van der Waals surface area contributed by atoms with Gasteiger partial charge in [0.2, 0.25) is 15.9 Å². The number of sulfonamides is 1. The van der Waals surface area contributed by atoms with Crippen LogP contribution in [0.2, 0.25) is 0 Å². The zero-order valence-electron chi connectivity index (χ0n) is 17.1. The summed E-state index contributed by atoms with van der Waals surface area (Å²) in [4.78, 5) is 15.2. The summed E-state index contributed by atoms with van der Waals surface area (Å²) >= 11 is 0. The molecule has 0 bridgehead atoms. The predicted octanol–water partition coefficient (Wildman–Crippen LogP) is 2.70. The molecule has 1 fully saturated rings. The molecule has 1 aliphatic heterocycles. The number of amides is 1. The summed E-state index contributed by atoms with van der Waals surface area (Å²) in [5.74, 6) is 0.230. The molecule has 0 aromatic heterocycles. The maximum Gasteiger partial charge on any atom is 0.240 e. The van der Waals surface area contributed by atoms with E-state index in [0.29, 0.717) is 19.6 Å². The average Bonchev–Trinajstić information content (AvgIpc) is 2.69. The Balaban J connectivity index is 0.00000392. The van der Waals surface area contributed by atoms with E-state index in [1.165, 1.54) is 0 Å². The van der Waals surface area contributed by atoms with Gasteiger partial charge >= 0.3 is 0 Å². The number of aryl methyl sites for hydroxylation is 1. The molecule has 1 saturated heterocycles. The average molecular weight is 432 g/mol. The Kier molecular flexibility index (Phi) is 9.40. The summed E-state index contributed by atoms with van der Waals surface area (Å²) in [5, 5.41) is 0. The van der Waals surface area contributed by atoms with Gasteiger partial charge in [0.25, 0.3) is 0 Å². The third-order valence-electron chi connectivity index (χ3n) is 5.90. The van der Waals surface area contributed by atoms with Crippen molar-refractivity contribution in [2.24, 2.45) is 17.1 Å². The number of likely N-dealkylation sites (tertiary alicyclic amines) is 1. The van der Waals surface area contributed by atoms with Crippen molar-refractivity contribution in [3.8, 4) is 0 Å². The Morgan fingerprint density at radius 2 is 1.86 bits per heavy atom. The van der Waals surface area contributed by atoms with E-state index in [-0.39, 0.29) is 29.1 Å². The van der Waals surface area contributed by atoms with Crippen molar-refractivity contribution in [1.82, 2.24) is 9.62 Å². The molecular weight excluding hydrogens is 398 g/mol. The number of hydrogen-bond donors (Lipinski definition) is 2. The molecule has 6 nitrogen and oxygen atoms in total. The van der Waals surface area contributed by atoms with Crippen molar-refractivity contribution in [2.45, 2.75) is 51.3 Å². The molecule has 1 unspecified atom stereocenters. The molecule has 2 rings (SSSR count). The molecule has 1 heterocycles. The molecule has 160 valence electrons. The Hall–Kier alpha value is -1.15. The highest BCUT2D eigenvalue weighted by molar-refractivity contribution is 7.89. The van der Waals surface area contributed by atoms with Crippen molar-refractivity contribution in [1.29, 1.82) is 0 Å². The van der Waals surface area contributed by atoms with Gasteiger partial charge in [-0.2, -0.15) is 0 Å². The highest BCUT2D eigenvalue weighted by atomic mass is 35.5. The van der Waals surface area contributed by atoms with Crippen molar-refractivity contribution < 1.29 is 13.2 Å². The third-order valence-corrected chi connectivity index (χ3v) is 7.34. The summed E-state index contributed by atoms with van der Waals surface area (Å²) in [7, 11) is -3.53. The van der Waals surface area contributed by atoms with Crippen LogP contribution in [-0.4, -0.2) is 45.4 Å². The zero-order valence-corrected chi connectivity index (χ0v) is 18.7. The van der Waals surface area contributed by atoms with Gasteiger partial charge in [0, 0.05) is 26.2 Å². The molecule has 1 aromatic carbocycles. The minimum Gasteiger partial charge on any atom is -0.342 e. The SMILES string of the molecule is CCC(CC)(CN)C(=O)N1CCCC(CNS(=O)(=O)c2ccc(C)cc2)C1.Cl. The van der Waals surface area contributed by atoms with Gasteiger partial charge in [-0.3, -0.25) is 4.79 Å². The Morgan fingerprint density at radius 3 is 2.39 bits per heavy atom. The number of nitrogens with two attached hydrogens (primary N) is 1. The van der Waals surface area contributed by atoms with Gasteiger partial charge in [0.15, 0.2) is 0 Å². The van der Waals surface area contributed by atoms with Gasteiger partial charge in [-0.15, -0.1) is 12.4 Å². The van der Waals surface area contributed by atoms with E-state index in [2.05, 4.69) is 4.72 Å². The molecule has 28 heavy (non-hydrogen) atoms. The second-order valence-electron chi connectivity index (χ2n) is 7.62. The molecule has 1 aliphatic rings. The maximum absolute atomic E-state index is 13.0. The van der Waals surface area contributed by atoms with Gasteiger partial charge in [-0.1, -0.05) is 31.5 Å². The van der Waals surface area contributed by atoms with Crippen LogP contribution in [0.25, 0.3) is 0 Å². The van der Waals surface area contributed by atoms with E-state index in [9.17, 15) is 13.2 Å². The third kappa shape index (κ3) is 5.69.